The molecule has 2 rings (SSSR count). The van der Waals surface area contributed by atoms with E-state index in [-0.39, 0.29) is 18.2 Å². The molecule has 1 heterocycles. The van der Waals surface area contributed by atoms with Crippen LogP contribution in [0.25, 0.3) is 0 Å². The molecule has 0 unspecified atom stereocenters. The second-order valence-corrected chi connectivity index (χ2v) is 6.29. The lowest BCUT2D eigenvalue weighted by Crippen LogP contribution is -2.30. The summed E-state index contributed by atoms with van der Waals surface area (Å²) in [6, 6.07) is 11.3. The molecule has 1 aromatic heterocycles. The van der Waals surface area contributed by atoms with E-state index in [1.165, 1.54) is 0 Å². The van der Waals surface area contributed by atoms with Gasteiger partial charge in [0.1, 0.15) is 5.82 Å². The summed E-state index contributed by atoms with van der Waals surface area (Å²) in [5.41, 5.74) is 2.50. The van der Waals surface area contributed by atoms with Crippen molar-refractivity contribution in [3.63, 3.8) is 0 Å². The molecule has 0 spiro atoms. The van der Waals surface area contributed by atoms with Gasteiger partial charge in [0.2, 0.25) is 5.91 Å². The van der Waals surface area contributed by atoms with Gasteiger partial charge in [-0.25, -0.2) is 4.98 Å². The van der Waals surface area contributed by atoms with E-state index in [4.69, 9.17) is 0 Å². The summed E-state index contributed by atoms with van der Waals surface area (Å²) in [4.78, 5) is 30.7. The first kappa shape index (κ1) is 20.4. The number of nitrogens with one attached hydrogen (secondary N) is 2. The fourth-order valence-electron chi connectivity index (χ4n) is 2.76. The van der Waals surface area contributed by atoms with Crippen molar-refractivity contribution < 1.29 is 9.59 Å². The highest BCUT2D eigenvalue weighted by Crippen LogP contribution is 2.10. The number of aryl methyl sites for hydroxylation is 1. The quantitative estimate of drug-likeness (QED) is 0.714. The Bertz CT molecular complexity index is 755. The molecule has 0 radical (unpaired) electrons. The van der Waals surface area contributed by atoms with E-state index >= 15 is 0 Å². The lowest BCUT2D eigenvalue weighted by Gasteiger charge is -2.19. The van der Waals surface area contributed by atoms with Gasteiger partial charge < -0.3 is 15.5 Å². The van der Waals surface area contributed by atoms with Crippen LogP contribution in [0.2, 0.25) is 0 Å². The number of hydrogen-bond donors (Lipinski definition) is 2. The average Bonchev–Trinajstić information content (AvgIpc) is 2.68. The summed E-state index contributed by atoms with van der Waals surface area (Å²) in [7, 11) is 0. The highest BCUT2D eigenvalue weighted by molar-refractivity contribution is 5.95. The zero-order valence-electron chi connectivity index (χ0n) is 16.3. The van der Waals surface area contributed by atoms with Crippen LogP contribution < -0.4 is 15.5 Å². The fourth-order valence-corrected chi connectivity index (χ4v) is 2.76. The molecule has 0 bridgehead atoms. The number of rotatable bonds is 9. The van der Waals surface area contributed by atoms with Crippen molar-refractivity contribution in [3.05, 3.63) is 59.3 Å². The number of nitrogens with zero attached hydrogens (tertiary/aromatic N) is 2. The van der Waals surface area contributed by atoms with E-state index in [1.807, 2.05) is 37.3 Å². The predicted octanol–water partition coefficient (Wildman–Crippen LogP) is 2.67. The molecule has 2 amide bonds. The molecule has 0 aliphatic carbocycles. The summed E-state index contributed by atoms with van der Waals surface area (Å²) in [6.45, 7) is 8.63. The maximum atomic E-state index is 12.1. The topological polar surface area (TPSA) is 74.3 Å². The average molecular weight is 368 g/mol. The Morgan fingerprint density at radius 3 is 2.41 bits per heavy atom. The van der Waals surface area contributed by atoms with Crippen LogP contribution in [0.3, 0.4) is 0 Å². The van der Waals surface area contributed by atoms with Crippen molar-refractivity contribution >= 4 is 17.6 Å². The predicted molar refractivity (Wildman–Crippen MR) is 108 cm³/mol. The van der Waals surface area contributed by atoms with Crippen LogP contribution in [-0.2, 0) is 11.3 Å². The second kappa shape index (κ2) is 10.3. The highest BCUT2D eigenvalue weighted by atomic mass is 16.2. The number of pyridine rings is 1. The maximum absolute atomic E-state index is 12.1. The summed E-state index contributed by atoms with van der Waals surface area (Å²) in [5.74, 6) is 0.680. The van der Waals surface area contributed by atoms with Gasteiger partial charge in [-0.05, 0) is 44.0 Å². The number of carbonyl (C=O) groups excluding carboxylic acids is 2. The number of hydrogen-bond acceptors (Lipinski definition) is 4. The smallest absolute Gasteiger partial charge is 0.251 e. The van der Waals surface area contributed by atoms with Crippen LogP contribution in [0.5, 0.6) is 0 Å². The second-order valence-electron chi connectivity index (χ2n) is 6.29. The van der Waals surface area contributed by atoms with Crippen molar-refractivity contribution in [1.29, 1.82) is 0 Å². The number of benzene rings is 1. The molecule has 0 saturated carbocycles. The van der Waals surface area contributed by atoms with E-state index in [9.17, 15) is 9.59 Å². The van der Waals surface area contributed by atoms with Gasteiger partial charge in [-0.2, -0.15) is 0 Å². The zero-order valence-corrected chi connectivity index (χ0v) is 16.3. The molecule has 0 fully saturated rings. The third kappa shape index (κ3) is 6.09. The monoisotopic (exact) mass is 368 g/mol. The fraction of sp³-hybridized carbons (Fsp3) is 0.381. The standard InChI is InChI=1S/C21H28N4O2/c1-4-25(5-2)19-11-10-17(14-23-19)15-24-20(26)12-13-22-21(27)18-9-7-6-8-16(18)3/h6-11,14H,4-5,12-13,15H2,1-3H3,(H,22,27)(H,24,26). The highest BCUT2D eigenvalue weighted by Gasteiger charge is 2.09. The van der Waals surface area contributed by atoms with Gasteiger partial charge in [0.05, 0.1) is 0 Å². The minimum Gasteiger partial charge on any atom is -0.357 e. The molecule has 6 nitrogen and oxygen atoms in total. The third-order valence-electron chi connectivity index (χ3n) is 4.41. The van der Waals surface area contributed by atoms with Crippen molar-refractivity contribution in [2.45, 2.75) is 33.7 Å². The van der Waals surface area contributed by atoms with Crippen molar-refractivity contribution in [1.82, 2.24) is 15.6 Å². The molecule has 2 N–H and O–H groups in total. The Morgan fingerprint density at radius 2 is 1.78 bits per heavy atom. The Hall–Kier alpha value is -2.89. The molecular formula is C21H28N4O2. The summed E-state index contributed by atoms with van der Waals surface area (Å²) in [6.07, 6.45) is 2.02. The van der Waals surface area contributed by atoms with E-state index in [1.54, 1.807) is 12.3 Å². The molecule has 0 atom stereocenters. The molecule has 6 heteroatoms. The first-order valence-electron chi connectivity index (χ1n) is 9.35. The van der Waals surface area contributed by atoms with Crippen molar-refractivity contribution in [2.24, 2.45) is 0 Å². The summed E-state index contributed by atoms with van der Waals surface area (Å²) < 4.78 is 0. The zero-order chi connectivity index (χ0) is 19.6. The number of anilines is 1. The largest absolute Gasteiger partial charge is 0.357 e. The number of amides is 2. The van der Waals surface area contributed by atoms with Gasteiger partial charge in [-0.15, -0.1) is 0 Å². The minimum atomic E-state index is -0.155. The SMILES string of the molecule is CCN(CC)c1ccc(CNC(=O)CCNC(=O)c2ccccc2C)cn1. The van der Waals surface area contributed by atoms with E-state index in [2.05, 4.69) is 34.4 Å². The lowest BCUT2D eigenvalue weighted by atomic mass is 10.1. The Labute approximate surface area is 161 Å². The molecule has 144 valence electrons. The van der Waals surface area contributed by atoms with Crippen LogP contribution in [0.4, 0.5) is 5.82 Å². The first-order valence-corrected chi connectivity index (χ1v) is 9.35. The normalized spacial score (nSPS) is 10.3. The van der Waals surface area contributed by atoms with E-state index in [0.717, 1.165) is 30.0 Å². The van der Waals surface area contributed by atoms with Crippen LogP contribution in [0.1, 0.15) is 41.8 Å². The number of carbonyl (C=O) groups is 2. The molecule has 1 aromatic carbocycles. The lowest BCUT2D eigenvalue weighted by molar-refractivity contribution is -0.121. The van der Waals surface area contributed by atoms with Gasteiger partial charge in [-0.3, -0.25) is 9.59 Å². The van der Waals surface area contributed by atoms with E-state index < -0.39 is 0 Å². The maximum Gasteiger partial charge on any atom is 0.251 e. The molecule has 2 aromatic rings. The molecule has 0 aliphatic heterocycles. The molecular weight excluding hydrogens is 340 g/mol. The summed E-state index contributed by atoms with van der Waals surface area (Å²) >= 11 is 0. The minimum absolute atomic E-state index is 0.104. The first-order chi connectivity index (χ1) is 13.0. The molecule has 27 heavy (non-hydrogen) atoms. The van der Waals surface area contributed by atoms with Gasteiger partial charge in [-0.1, -0.05) is 24.3 Å². The van der Waals surface area contributed by atoms with Crippen LogP contribution in [0, 0.1) is 6.92 Å². The van der Waals surface area contributed by atoms with Gasteiger partial charge >= 0.3 is 0 Å². The molecule has 0 saturated heterocycles. The molecule has 0 aliphatic rings. The van der Waals surface area contributed by atoms with Crippen LogP contribution in [-0.4, -0.2) is 36.4 Å². The van der Waals surface area contributed by atoms with Crippen LogP contribution in [0.15, 0.2) is 42.6 Å². The Balaban J connectivity index is 1.73. The van der Waals surface area contributed by atoms with E-state index in [0.29, 0.717) is 18.7 Å². The Kier molecular flexibility index (Phi) is 7.79. The third-order valence-corrected chi connectivity index (χ3v) is 4.41. The van der Waals surface area contributed by atoms with Crippen molar-refractivity contribution in [2.75, 3.05) is 24.5 Å². The van der Waals surface area contributed by atoms with Crippen LogP contribution >= 0.6 is 0 Å². The van der Waals surface area contributed by atoms with Gasteiger partial charge in [0, 0.05) is 44.4 Å². The summed E-state index contributed by atoms with van der Waals surface area (Å²) in [5, 5.41) is 5.64. The van der Waals surface area contributed by atoms with Gasteiger partial charge in [0.25, 0.3) is 5.91 Å². The number of aromatic nitrogens is 1. The Morgan fingerprint density at radius 1 is 1.04 bits per heavy atom. The van der Waals surface area contributed by atoms with Gasteiger partial charge in [0.15, 0.2) is 0 Å². The van der Waals surface area contributed by atoms with Crippen molar-refractivity contribution in [3.8, 4) is 0 Å².